The molecule has 0 radical (unpaired) electrons. The molecule has 4 atom stereocenters. The Kier molecular flexibility index (Phi) is 8.34. The molecule has 194 valence electrons. The highest BCUT2D eigenvalue weighted by atomic mass is 16.7. The van der Waals surface area contributed by atoms with Crippen LogP contribution in [0.2, 0.25) is 0 Å². The molecule has 3 fully saturated rings. The van der Waals surface area contributed by atoms with Gasteiger partial charge in [0.15, 0.2) is 6.29 Å². The fraction of sp³-hybridized carbons (Fsp3) is 0.552. The van der Waals surface area contributed by atoms with Crippen molar-refractivity contribution in [1.82, 2.24) is 9.80 Å². The van der Waals surface area contributed by atoms with E-state index in [2.05, 4.69) is 27.2 Å². The Balaban J connectivity index is 1.34. The predicted molar refractivity (Wildman–Crippen MR) is 139 cm³/mol. The summed E-state index contributed by atoms with van der Waals surface area (Å²) in [6, 6.07) is 16.4. The van der Waals surface area contributed by atoms with Gasteiger partial charge in [-0.05, 0) is 68.6 Å². The van der Waals surface area contributed by atoms with Crippen molar-refractivity contribution in [2.45, 2.75) is 70.2 Å². The Hall–Kier alpha value is -2.29. The second kappa shape index (κ2) is 11.8. The van der Waals surface area contributed by atoms with Gasteiger partial charge in [0.05, 0.1) is 18.8 Å². The summed E-state index contributed by atoms with van der Waals surface area (Å²) < 4.78 is 13.1. The number of rotatable bonds is 8. The Labute approximate surface area is 214 Å². The molecule has 0 spiro atoms. The Morgan fingerprint density at radius 1 is 1.00 bits per heavy atom. The molecule has 0 bridgehead atoms. The second-order valence-corrected chi connectivity index (χ2v) is 10.5. The van der Waals surface area contributed by atoms with Gasteiger partial charge in [-0.15, -0.1) is 0 Å². The minimum atomic E-state index is -0.514. The molecule has 0 aromatic heterocycles. The van der Waals surface area contributed by atoms with Crippen molar-refractivity contribution >= 4 is 11.6 Å². The first kappa shape index (κ1) is 25.4. The van der Waals surface area contributed by atoms with Gasteiger partial charge in [-0.1, -0.05) is 36.4 Å². The maximum atomic E-state index is 11.6. The van der Waals surface area contributed by atoms with Crippen LogP contribution in [-0.4, -0.2) is 65.7 Å². The number of nitrogens with one attached hydrogen (secondary N) is 1. The maximum absolute atomic E-state index is 11.6. The van der Waals surface area contributed by atoms with E-state index in [0.29, 0.717) is 6.04 Å². The molecule has 5 rings (SSSR count). The number of ether oxygens (including phenoxy) is 2. The van der Waals surface area contributed by atoms with Crippen LogP contribution in [0.25, 0.3) is 0 Å². The van der Waals surface area contributed by atoms with Crippen molar-refractivity contribution < 1.29 is 19.4 Å². The molecular weight excluding hydrogens is 454 g/mol. The number of carbonyl (C=O) groups is 1. The molecule has 3 heterocycles. The summed E-state index contributed by atoms with van der Waals surface area (Å²) in [6.45, 7) is 7.19. The molecule has 0 aliphatic carbocycles. The molecule has 3 aliphatic heterocycles. The van der Waals surface area contributed by atoms with Gasteiger partial charge >= 0.3 is 0 Å². The van der Waals surface area contributed by atoms with Gasteiger partial charge in [0, 0.05) is 43.7 Å². The molecule has 3 saturated heterocycles. The summed E-state index contributed by atoms with van der Waals surface area (Å²) in [5.41, 5.74) is 3.63. The largest absolute Gasteiger partial charge is 0.392 e. The fourth-order valence-corrected chi connectivity index (χ4v) is 5.87. The summed E-state index contributed by atoms with van der Waals surface area (Å²) in [7, 11) is 0. The molecule has 3 aliphatic rings. The average Bonchev–Trinajstić information content (AvgIpc) is 3.56. The number of hydrogen-bond donors (Lipinski definition) is 2. The minimum Gasteiger partial charge on any atom is -0.392 e. The molecule has 0 saturated carbocycles. The molecule has 2 aromatic rings. The van der Waals surface area contributed by atoms with Crippen LogP contribution in [0, 0.1) is 0 Å². The van der Waals surface area contributed by atoms with Gasteiger partial charge in [0.25, 0.3) is 0 Å². The molecule has 7 heteroatoms. The van der Waals surface area contributed by atoms with E-state index in [1.165, 1.54) is 45.7 Å². The van der Waals surface area contributed by atoms with E-state index < -0.39 is 6.29 Å². The summed E-state index contributed by atoms with van der Waals surface area (Å²) >= 11 is 0. The molecule has 7 nitrogen and oxygen atoms in total. The number of carbonyl (C=O) groups excluding carboxylic acids is 1. The number of likely N-dealkylation sites (tertiary alicyclic amines) is 2. The summed E-state index contributed by atoms with van der Waals surface area (Å²) in [6.07, 6.45) is 5.36. The highest BCUT2D eigenvalue weighted by molar-refractivity contribution is 5.88. The molecular formula is C29H39N3O4. The highest BCUT2D eigenvalue weighted by Crippen LogP contribution is 2.39. The lowest BCUT2D eigenvalue weighted by molar-refractivity contribution is -0.253. The number of anilines is 1. The third-order valence-electron chi connectivity index (χ3n) is 7.70. The number of hydrogen-bond acceptors (Lipinski definition) is 6. The molecule has 36 heavy (non-hydrogen) atoms. The van der Waals surface area contributed by atoms with Crippen molar-refractivity contribution in [3.8, 4) is 0 Å². The van der Waals surface area contributed by atoms with Gasteiger partial charge in [-0.2, -0.15) is 0 Å². The van der Waals surface area contributed by atoms with Crippen LogP contribution >= 0.6 is 0 Å². The van der Waals surface area contributed by atoms with Gasteiger partial charge in [0.2, 0.25) is 5.91 Å². The number of amides is 1. The molecule has 2 N–H and O–H groups in total. The number of nitrogens with zero attached hydrogens (tertiary/aromatic N) is 2. The van der Waals surface area contributed by atoms with Crippen molar-refractivity contribution in [3.05, 3.63) is 65.2 Å². The normalized spacial score (nSPS) is 27.4. The van der Waals surface area contributed by atoms with Crippen molar-refractivity contribution in [2.24, 2.45) is 0 Å². The van der Waals surface area contributed by atoms with E-state index in [0.717, 1.165) is 48.4 Å². The van der Waals surface area contributed by atoms with Crippen LogP contribution in [0.1, 0.15) is 68.1 Å². The lowest BCUT2D eigenvalue weighted by atomic mass is 9.99. The lowest BCUT2D eigenvalue weighted by Crippen LogP contribution is -2.45. The number of aliphatic hydroxyl groups excluding tert-OH is 1. The third kappa shape index (κ3) is 6.33. The summed E-state index contributed by atoms with van der Waals surface area (Å²) in [4.78, 5) is 16.8. The first-order chi connectivity index (χ1) is 17.6. The van der Waals surface area contributed by atoms with Crippen LogP contribution in [0.15, 0.2) is 48.5 Å². The van der Waals surface area contributed by atoms with Crippen LogP contribution in [-0.2, 0) is 20.9 Å². The third-order valence-corrected chi connectivity index (χ3v) is 7.70. The Bertz CT molecular complexity index is 1010. The van der Waals surface area contributed by atoms with Gasteiger partial charge < -0.3 is 24.8 Å². The van der Waals surface area contributed by atoms with Gasteiger partial charge in [-0.25, -0.2) is 0 Å². The van der Waals surface area contributed by atoms with Gasteiger partial charge in [0.1, 0.15) is 0 Å². The van der Waals surface area contributed by atoms with E-state index in [1.54, 1.807) is 0 Å². The first-order valence-corrected chi connectivity index (χ1v) is 13.4. The van der Waals surface area contributed by atoms with Crippen LogP contribution < -0.4 is 5.32 Å². The monoisotopic (exact) mass is 493 g/mol. The van der Waals surface area contributed by atoms with Gasteiger partial charge in [-0.3, -0.25) is 9.69 Å². The zero-order valence-electron chi connectivity index (χ0n) is 21.3. The standard InChI is InChI=1S/C29H39N3O4/c1-21(34)30-25-7-4-6-24(16-25)29-35-27(17-28(36-29)23-11-9-22(20-33)10-12-23)19-32-15-5-8-26(32)18-31-13-2-3-14-31/h4,6-7,9-12,16,26-29,33H,2-3,5,8,13-15,17-20H2,1H3,(H,30,34). The van der Waals surface area contributed by atoms with Crippen LogP contribution in [0.3, 0.4) is 0 Å². The van der Waals surface area contributed by atoms with E-state index in [-0.39, 0.29) is 24.7 Å². The number of benzene rings is 2. The quantitative estimate of drug-likeness (QED) is 0.573. The van der Waals surface area contributed by atoms with E-state index in [4.69, 9.17) is 9.47 Å². The zero-order valence-corrected chi connectivity index (χ0v) is 21.3. The van der Waals surface area contributed by atoms with Crippen molar-refractivity contribution in [3.63, 3.8) is 0 Å². The lowest BCUT2D eigenvalue weighted by Gasteiger charge is -2.39. The van der Waals surface area contributed by atoms with Crippen molar-refractivity contribution in [1.29, 1.82) is 0 Å². The van der Waals surface area contributed by atoms with E-state index in [9.17, 15) is 9.90 Å². The maximum Gasteiger partial charge on any atom is 0.221 e. The number of aliphatic hydroxyl groups is 1. The zero-order chi connectivity index (χ0) is 24.9. The Morgan fingerprint density at radius 3 is 2.56 bits per heavy atom. The van der Waals surface area contributed by atoms with Crippen LogP contribution in [0.4, 0.5) is 5.69 Å². The highest BCUT2D eigenvalue weighted by Gasteiger charge is 2.36. The molecule has 4 unspecified atom stereocenters. The molecule has 1 amide bonds. The summed E-state index contributed by atoms with van der Waals surface area (Å²) in [5, 5.41) is 12.3. The van der Waals surface area contributed by atoms with Crippen molar-refractivity contribution in [2.75, 3.05) is 38.0 Å². The van der Waals surface area contributed by atoms with E-state index >= 15 is 0 Å². The average molecular weight is 494 g/mol. The predicted octanol–water partition coefficient (Wildman–Crippen LogP) is 4.24. The SMILES string of the molecule is CC(=O)Nc1cccc(C2OC(CN3CCCC3CN3CCCC3)CC(c3ccc(CO)cc3)O2)c1. The van der Waals surface area contributed by atoms with E-state index in [1.807, 2.05) is 36.4 Å². The topological polar surface area (TPSA) is 74.3 Å². The first-order valence-electron chi connectivity index (χ1n) is 13.4. The fourth-order valence-electron chi connectivity index (χ4n) is 5.87. The smallest absolute Gasteiger partial charge is 0.221 e. The Morgan fingerprint density at radius 2 is 1.81 bits per heavy atom. The second-order valence-electron chi connectivity index (χ2n) is 10.5. The molecule has 2 aromatic carbocycles. The minimum absolute atomic E-state index is 0.0312. The van der Waals surface area contributed by atoms with Crippen LogP contribution in [0.5, 0.6) is 0 Å². The summed E-state index contributed by atoms with van der Waals surface area (Å²) in [5.74, 6) is -0.101.